The Morgan fingerprint density at radius 3 is 2.52 bits per heavy atom. The van der Waals surface area contributed by atoms with Gasteiger partial charge in [-0.2, -0.15) is 13.2 Å². The first-order chi connectivity index (χ1) is 15.3. The fourth-order valence-electron chi connectivity index (χ4n) is 2.81. The summed E-state index contributed by atoms with van der Waals surface area (Å²) in [6.07, 6.45) is -4.86. The predicted octanol–water partition coefficient (Wildman–Crippen LogP) is 1.20. The van der Waals surface area contributed by atoms with Gasteiger partial charge in [0.1, 0.15) is 11.4 Å². The van der Waals surface area contributed by atoms with Gasteiger partial charge in [-0.05, 0) is 50.8 Å². The molecule has 0 aliphatic heterocycles. The number of benzene rings is 1. The third-order valence-corrected chi connectivity index (χ3v) is 4.65. The smallest absolute Gasteiger partial charge is 0.389 e. The van der Waals surface area contributed by atoms with E-state index in [9.17, 15) is 32.7 Å². The summed E-state index contributed by atoms with van der Waals surface area (Å²) in [5, 5.41) is 14.9. The normalized spacial score (nSPS) is 11.9. The zero-order valence-electron chi connectivity index (χ0n) is 18.5. The first-order valence-corrected chi connectivity index (χ1v) is 10.2. The van der Waals surface area contributed by atoms with Crippen molar-refractivity contribution in [1.82, 2.24) is 14.3 Å². The van der Waals surface area contributed by atoms with Crippen LogP contribution in [0.5, 0.6) is 11.6 Å². The fourth-order valence-corrected chi connectivity index (χ4v) is 2.81. The lowest BCUT2D eigenvalue weighted by Gasteiger charge is -2.27. The zero-order chi connectivity index (χ0) is 24.8. The van der Waals surface area contributed by atoms with Gasteiger partial charge >= 0.3 is 17.4 Å². The molecular weight excluding hydrogens is 447 g/mol. The molecule has 0 spiro atoms. The highest BCUT2D eigenvalue weighted by Crippen LogP contribution is 2.22. The maximum absolute atomic E-state index is 12.3. The van der Waals surface area contributed by atoms with Crippen molar-refractivity contribution in [3.8, 4) is 11.6 Å². The molecule has 1 aromatic carbocycles. The summed E-state index contributed by atoms with van der Waals surface area (Å²) >= 11 is 0. The molecular formula is C21H25F3N3O6-. The average molecular weight is 472 g/mol. The Labute approximate surface area is 187 Å². The van der Waals surface area contributed by atoms with Crippen LogP contribution in [0.1, 0.15) is 38.7 Å². The second-order valence-electron chi connectivity index (χ2n) is 7.89. The van der Waals surface area contributed by atoms with Gasteiger partial charge in [0.25, 0.3) is 5.88 Å². The quantitative estimate of drug-likeness (QED) is 0.452. The summed E-state index contributed by atoms with van der Waals surface area (Å²) in [7, 11) is 1.19. The lowest BCUT2D eigenvalue weighted by molar-refractivity contribution is -0.320. The number of carboxylic acids is 1. The van der Waals surface area contributed by atoms with E-state index in [-0.39, 0.29) is 25.5 Å². The molecule has 0 unspecified atom stereocenters. The third kappa shape index (κ3) is 7.65. The van der Waals surface area contributed by atoms with Crippen LogP contribution in [-0.2, 0) is 24.8 Å². The molecule has 0 saturated carbocycles. The van der Waals surface area contributed by atoms with Crippen LogP contribution < -0.4 is 25.8 Å². The summed E-state index contributed by atoms with van der Waals surface area (Å²) in [4.78, 5) is 35.3. The van der Waals surface area contributed by atoms with Crippen molar-refractivity contribution in [1.29, 1.82) is 0 Å². The van der Waals surface area contributed by atoms with E-state index >= 15 is 0 Å². The van der Waals surface area contributed by atoms with Crippen molar-refractivity contribution in [2.75, 3.05) is 6.61 Å². The van der Waals surface area contributed by atoms with Crippen molar-refractivity contribution in [3.63, 3.8) is 0 Å². The van der Waals surface area contributed by atoms with Gasteiger partial charge < -0.3 is 19.4 Å². The van der Waals surface area contributed by atoms with Crippen molar-refractivity contribution in [2.24, 2.45) is 7.05 Å². The number of nitrogens with zero attached hydrogens (tertiary/aromatic N) is 3. The van der Waals surface area contributed by atoms with Crippen LogP contribution in [-0.4, -0.2) is 38.7 Å². The lowest BCUT2D eigenvalue weighted by Crippen LogP contribution is -2.47. The molecule has 2 aromatic rings. The molecule has 0 atom stereocenters. The lowest BCUT2D eigenvalue weighted by atomic mass is 10.1. The van der Waals surface area contributed by atoms with E-state index in [1.807, 2.05) is 0 Å². The number of carbonyl (C=O) groups is 1. The SMILES string of the molecule is Cn1c(=O)c(OCCCc2cccc(OC(C)(C)C(=O)[O-])c2)nn(CCCC(F)(F)F)c1=O. The summed E-state index contributed by atoms with van der Waals surface area (Å²) in [6, 6.07) is 6.78. The highest BCUT2D eigenvalue weighted by Gasteiger charge is 2.26. The number of aryl methyl sites for hydroxylation is 2. The number of ether oxygens (including phenoxy) is 2. The number of carbonyl (C=O) groups excluding carboxylic acids is 1. The monoisotopic (exact) mass is 472 g/mol. The van der Waals surface area contributed by atoms with Crippen LogP contribution in [0.15, 0.2) is 33.9 Å². The highest BCUT2D eigenvalue weighted by molar-refractivity contribution is 5.74. The number of aliphatic carboxylic acids is 1. The van der Waals surface area contributed by atoms with E-state index in [0.29, 0.717) is 18.6 Å². The van der Waals surface area contributed by atoms with Gasteiger partial charge in [-0.3, -0.25) is 9.36 Å². The molecule has 1 heterocycles. The molecule has 0 saturated heterocycles. The Morgan fingerprint density at radius 2 is 1.88 bits per heavy atom. The number of alkyl halides is 3. The molecule has 1 aromatic heterocycles. The average Bonchev–Trinajstić information content (AvgIpc) is 2.71. The van der Waals surface area contributed by atoms with Crippen molar-refractivity contribution in [2.45, 2.75) is 57.9 Å². The topological polar surface area (TPSA) is 115 Å². The summed E-state index contributed by atoms with van der Waals surface area (Å²) in [6.45, 7) is 2.49. The Hall–Kier alpha value is -3.31. The fraction of sp³-hybridized carbons (Fsp3) is 0.524. The van der Waals surface area contributed by atoms with E-state index in [4.69, 9.17) is 9.47 Å². The summed E-state index contributed by atoms with van der Waals surface area (Å²) in [5.41, 5.74) is -2.29. The minimum Gasteiger partial charge on any atom is -0.546 e. The van der Waals surface area contributed by atoms with E-state index in [1.165, 1.54) is 20.9 Å². The van der Waals surface area contributed by atoms with Gasteiger partial charge in [0, 0.05) is 20.0 Å². The van der Waals surface area contributed by atoms with Gasteiger partial charge in [0.05, 0.1) is 12.6 Å². The van der Waals surface area contributed by atoms with Crippen LogP contribution >= 0.6 is 0 Å². The molecule has 0 bridgehead atoms. The number of hydrogen-bond acceptors (Lipinski definition) is 7. The number of carboxylic acid groups (broad SMARTS) is 1. The highest BCUT2D eigenvalue weighted by atomic mass is 19.4. The second-order valence-corrected chi connectivity index (χ2v) is 7.89. The molecule has 12 heteroatoms. The van der Waals surface area contributed by atoms with Gasteiger partial charge in [-0.25, -0.2) is 9.48 Å². The Balaban J connectivity index is 1.98. The van der Waals surface area contributed by atoms with Crippen LogP contribution in [0.3, 0.4) is 0 Å². The zero-order valence-corrected chi connectivity index (χ0v) is 18.5. The molecule has 9 nitrogen and oxygen atoms in total. The van der Waals surface area contributed by atoms with Gasteiger partial charge in [0.2, 0.25) is 0 Å². The predicted molar refractivity (Wildman–Crippen MR) is 109 cm³/mol. The van der Waals surface area contributed by atoms with Gasteiger partial charge in [0.15, 0.2) is 0 Å². The number of hydrogen-bond donors (Lipinski definition) is 0. The molecule has 0 aliphatic carbocycles. The summed E-state index contributed by atoms with van der Waals surface area (Å²) < 4.78 is 49.4. The van der Waals surface area contributed by atoms with Crippen LogP contribution in [0.4, 0.5) is 13.2 Å². The Bertz CT molecular complexity index is 1090. The molecule has 0 radical (unpaired) electrons. The Morgan fingerprint density at radius 1 is 1.18 bits per heavy atom. The molecule has 182 valence electrons. The number of rotatable bonds is 11. The molecule has 33 heavy (non-hydrogen) atoms. The molecule has 0 aliphatic rings. The minimum atomic E-state index is -4.35. The largest absolute Gasteiger partial charge is 0.546 e. The van der Waals surface area contributed by atoms with E-state index < -0.39 is 35.4 Å². The van der Waals surface area contributed by atoms with E-state index in [0.717, 1.165) is 14.8 Å². The minimum absolute atomic E-state index is 0.0542. The van der Waals surface area contributed by atoms with Gasteiger partial charge in [-0.15, -0.1) is 5.10 Å². The summed E-state index contributed by atoms with van der Waals surface area (Å²) in [5.74, 6) is -1.38. The number of aromatic nitrogens is 3. The first kappa shape index (κ1) is 25.9. The molecule has 0 fully saturated rings. The number of halogens is 3. The molecule has 0 N–H and O–H groups in total. The van der Waals surface area contributed by atoms with Crippen molar-refractivity contribution < 1.29 is 32.5 Å². The second kappa shape index (κ2) is 10.5. The first-order valence-electron chi connectivity index (χ1n) is 10.2. The maximum atomic E-state index is 12.3. The van der Waals surface area contributed by atoms with Gasteiger partial charge in [-0.1, -0.05) is 12.1 Å². The van der Waals surface area contributed by atoms with Crippen LogP contribution in [0.2, 0.25) is 0 Å². The van der Waals surface area contributed by atoms with E-state index in [1.54, 1.807) is 24.3 Å². The molecule has 0 amide bonds. The van der Waals surface area contributed by atoms with Crippen molar-refractivity contribution >= 4 is 5.97 Å². The maximum Gasteiger partial charge on any atom is 0.389 e. The third-order valence-electron chi connectivity index (χ3n) is 4.65. The standard InChI is InChI=1S/C21H26F3N3O6/c1-20(2,18(29)30)33-15-9-4-7-14(13-15)8-5-12-32-16-17(28)26(3)19(31)27(25-16)11-6-10-21(22,23)24/h4,7,9,13H,5-6,8,10-12H2,1-3H3,(H,29,30)/p-1. The Kier molecular flexibility index (Phi) is 8.29. The van der Waals surface area contributed by atoms with Crippen molar-refractivity contribution in [3.05, 3.63) is 50.7 Å². The molecule has 2 rings (SSSR count). The van der Waals surface area contributed by atoms with E-state index in [2.05, 4.69) is 5.10 Å². The van der Waals surface area contributed by atoms with Crippen LogP contribution in [0, 0.1) is 0 Å². The van der Waals surface area contributed by atoms with Crippen LogP contribution in [0.25, 0.3) is 0 Å².